The van der Waals surface area contributed by atoms with Crippen LogP contribution in [0.4, 0.5) is 22.7 Å². The van der Waals surface area contributed by atoms with Crippen LogP contribution in [0.15, 0.2) is 77.0 Å². The number of carbonyl (C=O) groups excluding carboxylic acids is 2. The van der Waals surface area contributed by atoms with Gasteiger partial charge >= 0.3 is 0 Å². The standard InChI is InChI=1S/C27H31N5O2/c1-5-32(6-2)18-25(33)29-26-19(3)16-24(17-20(26)4)31-30-23-14-12-22(13-15-23)28-27(34)21-10-8-7-9-11-21/h7-17H,5-6,18H2,1-4H3,(H,28,34)(H,29,33). The molecule has 7 nitrogen and oxygen atoms in total. The zero-order valence-corrected chi connectivity index (χ0v) is 20.1. The van der Waals surface area contributed by atoms with Gasteiger partial charge in [0.2, 0.25) is 5.91 Å². The third kappa shape index (κ3) is 6.83. The molecule has 7 heteroatoms. The molecule has 2 N–H and O–H groups in total. The van der Waals surface area contributed by atoms with Gasteiger partial charge in [0.25, 0.3) is 5.91 Å². The minimum absolute atomic E-state index is 0.0243. The van der Waals surface area contributed by atoms with E-state index in [0.717, 1.165) is 29.9 Å². The lowest BCUT2D eigenvalue weighted by Gasteiger charge is -2.18. The van der Waals surface area contributed by atoms with Gasteiger partial charge in [-0.25, -0.2) is 0 Å². The van der Waals surface area contributed by atoms with Gasteiger partial charge in [0.1, 0.15) is 0 Å². The van der Waals surface area contributed by atoms with E-state index in [1.807, 2.05) is 58.0 Å². The predicted octanol–water partition coefficient (Wildman–Crippen LogP) is 6.25. The van der Waals surface area contributed by atoms with E-state index < -0.39 is 0 Å². The summed E-state index contributed by atoms with van der Waals surface area (Å²) in [5.74, 6) is -0.186. The minimum Gasteiger partial charge on any atom is -0.324 e. The van der Waals surface area contributed by atoms with Crippen molar-refractivity contribution in [2.45, 2.75) is 27.7 Å². The molecule has 0 aromatic heterocycles. The largest absolute Gasteiger partial charge is 0.324 e. The molecule has 0 radical (unpaired) electrons. The fourth-order valence-electron chi connectivity index (χ4n) is 3.54. The van der Waals surface area contributed by atoms with Crippen LogP contribution in [0.5, 0.6) is 0 Å². The van der Waals surface area contributed by atoms with Gasteiger partial charge in [0, 0.05) is 16.9 Å². The molecule has 0 aliphatic heterocycles. The number of azo groups is 1. The average molecular weight is 458 g/mol. The monoisotopic (exact) mass is 457 g/mol. The Balaban J connectivity index is 1.64. The van der Waals surface area contributed by atoms with E-state index in [2.05, 4.69) is 25.8 Å². The second-order valence-electron chi connectivity index (χ2n) is 8.03. The Kier molecular flexibility index (Phi) is 8.65. The van der Waals surface area contributed by atoms with Crippen LogP contribution in [-0.4, -0.2) is 36.3 Å². The summed E-state index contributed by atoms with van der Waals surface area (Å²) < 4.78 is 0. The van der Waals surface area contributed by atoms with E-state index >= 15 is 0 Å². The summed E-state index contributed by atoms with van der Waals surface area (Å²) in [5.41, 5.74) is 5.34. The summed E-state index contributed by atoms with van der Waals surface area (Å²) in [6.07, 6.45) is 0. The fourth-order valence-corrected chi connectivity index (χ4v) is 3.54. The van der Waals surface area contributed by atoms with Gasteiger partial charge in [0.05, 0.1) is 17.9 Å². The summed E-state index contributed by atoms with van der Waals surface area (Å²) in [5, 5.41) is 14.5. The molecule has 3 rings (SSSR count). The maximum Gasteiger partial charge on any atom is 0.255 e. The summed E-state index contributed by atoms with van der Waals surface area (Å²) in [4.78, 5) is 26.7. The van der Waals surface area contributed by atoms with Crippen LogP contribution < -0.4 is 10.6 Å². The van der Waals surface area contributed by atoms with Gasteiger partial charge in [-0.3, -0.25) is 14.5 Å². The Hall–Kier alpha value is -3.84. The summed E-state index contributed by atoms with van der Waals surface area (Å²) in [7, 11) is 0. The van der Waals surface area contributed by atoms with Gasteiger partial charge in [-0.15, -0.1) is 0 Å². The maximum atomic E-state index is 12.4. The minimum atomic E-state index is -0.162. The number of hydrogen-bond donors (Lipinski definition) is 2. The lowest BCUT2D eigenvalue weighted by Crippen LogP contribution is -2.33. The molecule has 0 fully saturated rings. The number of aryl methyl sites for hydroxylation is 2. The lowest BCUT2D eigenvalue weighted by molar-refractivity contribution is -0.117. The van der Waals surface area contributed by atoms with Crippen LogP contribution in [0.1, 0.15) is 35.3 Å². The Labute approximate surface area is 200 Å². The highest BCUT2D eigenvalue weighted by Crippen LogP contribution is 2.28. The predicted molar refractivity (Wildman–Crippen MR) is 137 cm³/mol. The van der Waals surface area contributed by atoms with E-state index in [9.17, 15) is 9.59 Å². The molecule has 0 heterocycles. The van der Waals surface area contributed by atoms with Crippen LogP contribution in [-0.2, 0) is 4.79 Å². The number of nitrogens with zero attached hydrogens (tertiary/aromatic N) is 3. The number of amides is 2. The highest BCUT2D eigenvalue weighted by atomic mass is 16.2. The van der Waals surface area contributed by atoms with E-state index in [1.54, 1.807) is 36.4 Å². The quantitative estimate of drug-likeness (QED) is 0.372. The van der Waals surface area contributed by atoms with Crippen LogP contribution in [0.3, 0.4) is 0 Å². The molecule has 0 saturated heterocycles. The Morgan fingerprint density at radius 3 is 1.97 bits per heavy atom. The first kappa shape index (κ1) is 24.8. The number of rotatable bonds is 9. The number of anilines is 2. The molecule has 176 valence electrons. The van der Waals surface area contributed by atoms with E-state index in [0.29, 0.717) is 29.2 Å². The first-order valence-electron chi connectivity index (χ1n) is 11.4. The molecular formula is C27H31N5O2. The number of benzene rings is 3. The van der Waals surface area contributed by atoms with Crippen molar-refractivity contribution in [1.29, 1.82) is 0 Å². The smallest absolute Gasteiger partial charge is 0.255 e. The molecule has 3 aromatic carbocycles. The molecule has 0 bridgehead atoms. The fraction of sp³-hybridized carbons (Fsp3) is 0.259. The van der Waals surface area contributed by atoms with Crippen molar-refractivity contribution >= 4 is 34.6 Å². The zero-order valence-electron chi connectivity index (χ0n) is 20.1. The average Bonchev–Trinajstić information content (AvgIpc) is 2.85. The Bertz CT molecular complexity index is 1130. The maximum absolute atomic E-state index is 12.4. The molecular weight excluding hydrogens is 426 g/mol. The van der Waals surface area contributed by atoms with Crippen molar-refractivity contribution in [2.24, 2.45) is 10.2 Å². The zero-order chi connectivity index (χ0) is 24.5. The number of nitrogens with one attached hydrogen (secondary N) is 2. The van der Waals surface area contributed by atoms with Gasteiger partial charge in [-0.2, -0.15) is 10.2 Å². The summed E-state index contributed by atoms with van der Waals surface area (Å²) in [6.45, 7) is 10.0. The van der Waals surface area contributed by atoms with E-state index in [4.69, 9.17) is 0 Å². The number of carbonyl (C=O) groups is 2. The second-order valence-corrected chi connectivity index (χ2v) is 8.03. The number of hydrogen-bond acceptors (Lipinski definition) is 5. The molecule has 34 heavy (non-hydrogen) atoms. The molecule has 0 saturated carbocycles. The first-order chi connectivity index (χ1) is 16.4. The molecule has 0 aliphatic carbocycles. The summed E-state index contributed by atoms with van der Waals surface area (Å²) >= 11 is 0. The highest BCUT2D eigenvalue weighted by molar-refractivity contribution is 6.04. The number of likely N-dealkylation sites (N-methyl/N-ethyl adjacent to an activating group) is 1. The molecule has 0 atom stereocenters. The van der Waals surface area contributed by atoms with Crippen molar-refractivity contribution in [3.63, 3.8) is 0 Å². The van der Waals surface area contributed by atoms with Crippen molar-refractivity contribution in [3.8, 4) is 0 Å². The van der Waals surface area contributed by atoms with E-state index in [1.165, 1.54) is 0 Å². The normalized spacial score (nSPS) is 11.1. The third-order valence-electron chi connectivity index (χ3n) is 5.49. The van der Waals surface area contributed by atoms with Crippen molar-refractivity contribution in [1.82, 2.24) is 4.90 Å². The molecule has 0 unspecified atom stereocenters. The molecule has 3 aromatic rings. The van der Waals surface area contributed by atoms with Crippen LogP contribution in [0.2, 0.25) is 0 Å². The first-order valence-corrected chi connectivity index (χ1v) is 11.4. The van der Waals surface area contributed by atoms with Crippen molar-refractivity contribution in [3.05, 3.63) is 83.4 Å². The lowest BCUT2D eigenvalue weighted by atomic mass is 10.1. The van der Waals surface area contributed by atoms with Gasteiger partial charge in [0.15, 0.2) is 0 Å². The topological polar surface area (TPSA) is 86.2 Å². The van der Waals surface area contributed by atoms with Gasteiger partial charge in [-0.05, 0) is 86.6 Å². The molecule has 2 amide bonds. The van der Waals surface area contributed by atoms with Crippen molar-refractivity contribution < 1.29 is 9.59 Å². The second kappa shape index (κ2) is 11.9. The van der Waals surface area contributed by atoms with Crippen LogP contribution in [0, 0.1) is 13.8 Å². The molecule has 0 aliphatic rings. The summed E-state index contributed by atoms with van der Waals surface area (Å²) in [6, 6.07) is 20.0. The van der Waals surface area contributed by atoms with Crippen LogP contribution in [0.25, 0.3) is 0 Å². The Morgan fingerprint density at radius 1 is 0.794 bits per heavy atom. The Morgan fingerprint density at radius 2 is 1.38 bits per heavy atom. The highest BCUT2D eigenvalue weighted by Gasteiger charge is 2.12. The van der Waals surface area contributed by atoms with Crippen molar-refractivity contribution in [2.75, 3.05) is 30.3 Å². The SMILES string of the molecule is CCN(CC)CC(=O)Nc1c(C)cc(N=Nc2ccc(NC(=O)c3ccccc3)cc2)cc1C. The molecule has 0 spiro atoms. The van der Waals surface area contributed by atoms with E-state index in [-0.39, 0.29) is 11.8 Å². The third-order valence-corrected chi connectivity index (χ3v) is 5.49. The van der Waals surface area contributed by atoms with Gasteiger partial charge < -0.3 is 10.6 Å². The van der Waals surface area contributed by atoms with Gasteiger partial charge in [-0.1, -0.05) is 32.0 Å². The van der Waals surface area contributed by atoms with Crippen LogP contribution >= 0.6 is 0 Å².